The first-order valence-corrected chi connectivity index (χ1v) is 5.74. The van der Waals surface area contributed by atoms with Gasteiger partial charge in [0.2, 0.25) is 5.91 Å². The molecular formula is C12H16FN3O. The van der Waals surface area contributed by atoms with Gasteiger partial charge in [-0.15, -0.1) is 0 Å². The topological polar surface area (TPSA) is 44.4 Å². The van der Waals surface area contributed by atoms with E-state index in [1.54, 1.807) is 23.1 Å². The van der Waals surface area contributed by atoms with E-state index in [-0.39, 0.29) is 18.3 Å². The van der Waals surface area contributed by atoms with Crippen LogP contribution in [-0.2, 0) is 4.79 Å². The van der Waals surface area contributed by atoms with Crippen LogP contribution in [0.2, 0.25) is 0 Å². The fourth-order valence-electron chi connectivity index (χ4n) is 1.80. The van der Waals surface area contributed by atoms with Crippen LogP contribution in [0.4, 0.5) is 10.1 Å². The van der Waals surface area contributed by atoms with Crippen LogP contribution in [0.25, 0.3) is 0 Å². The number of hydrogen-bond acceptors (Lipinski definition) is 3. The van der Waals surface area contributed by atoms with Gasteiger partial charge in [0.25, 0.3) is 0 Å². The van der Waals surface area contributed by atoms with Crippen molar-refractivity contribution in [2.24, 2.45) is 0 Å². The third-order valence-electron chi connectivity index (χ3n) is 2.77. The van der Waals surface area contributed by atoms with Gasteiger partial charge in [0, 0.05) is 26.2 Å². The van der Waals surface area contributed by atoms with Crippen LogP contribution in [0.1, 0.15) is 0 Å². The summed E-state index contributed by atoms with van der Waals surface area (Å²) in [4.78, 5) is 13.6. The highest BCUT2D eigenvalue weighted by Gasteiger charge is 2.15. The molecule has 2 rings (SSSR count). The highest BCUT2D eigenvalue weighted by molar-refractivity contribution is 5.81. The summed E-state index contributed by atoms with van der Waals surface area (Å²) >= 11 is 0. The van der Waals surface area contributed by atoms with Gasteiger partial charge in [-0.1, -0.05) is 12.1 Å². The Morgan fingerprint density at radius 3 is 2.76 bits per heavy atom. The Kier molecular flexibility index (Phi) is 3.93. The number of anilines is 1. The van der Waals surface area contributed by atoms with Gasteiger partial charge < -0.3 is 15.5 Å². The molecule has 1 fully saturated rings. The molecule has 0 saturated carbocycles. The molecule has 1 aliphatic heterocycles. The highest BCUT2D eigenvalue weighted by atomic mass is 19.1. The first-order valence-electron chi connectivity index (χ1n) is 5.74. The maximum atomic E-state index is 13.3. The van der Waals surface area contributed by atoms with E-state index in [1.165, 1.54) is 6.07 Å². The Bertz CT molecular complexity index is 391. The molecule has 0 spiro atoms. The number of piperazine rings is 1. The fourth-order valence-corrected chi connectivity index (χ4v) is 1.80. The lowest BCUT2D eigenvalue weighted by Gasteiger charge is -2.27. The van der Waals surface area contributed by atoms with Crippen LogP contribution < -0.4 is 10.6 Å². The normalized spacial score (nSPS) is 15.7. The van der Waals surface area contributed by atoms with E-state index in [9.17, 15) is 9.18 Å². The van der Waals surface area contributed by atoms with Crippen molar-refractivity contribution in [2.75, 3.05) is 38.0 Å². The van der Waals surface area contributed by atoms with Crippen molar-refractivity contribution in [3.63, 3.8) is 0 Å². The quantitative estimate of drug-likeness (QED) is 0.812. The Morgan fingerprint density at radius 1 is 1.35 bits per heavy atom. The van der Waals surface area contributed by atoms with Crippen molar-refractivity contribution in [3.8, 4) is 0 Å². The maximum absolute atomic E-state index is 13.3. The molecule has 92 valence electrons. The van der Waals surface area contributed by atoms with Crippen LogP contribution in [0, 0.1) is 5.82 Å². The molecule has 17 heavy (non-hydrogen) atoms. The standard InChI is InChI=1S/C12H16FN3O/c13-10-3-1-2-4-11(10)15-9-12(17)16-7-5-14-6-8-16/h1-4,14-15H,5-9H2. The van der Waals surface area contributed by atoms with Gasteiger partial charge in [0.05, 0.1) is 12.2 Å². The number of carbonyl (C=O) groups is 1. The van der Waals surface area contributed by atoms with Crippen LogP contribution in [0.15, 0.2) is 24.3 Å². The van der Waals surface area contributed by atoms with Gasteiger partial charge in [-0.3, -0.25) is 4.79 Å². The zero-order valence-electron chi connectivity index (χ0n) is 9.58. The van der Waals surface area contributed by atoms with Crippen molar-refractivity contribution in [1.29, 1.82) is 0 Å². The predicted molar refractivity (Wildman–Crippen MR) is 64.3 cm³/mol. The molecule has 0 bridgehead atoms. The van der Waals surface area contributed by atoms with Gasteiger partial charge in [-0.25, -0.2) is 4.39 Å². The summed E-state index contributed by atoms with van der Waals surface area (Å²) in [5, 5.41) is 6.00. The molecule has 0 radical (unpaired) electrons. The second-order valence-corrected chi connectivity index (χ2v) is 3.96. The summed E-state index contributed by atoms with van der Waals surface area (Å²) in [6.07, 6.45) is 0. The molecule has 1 aromatic carbocycles. The van der Waals surface area contributed by atoms with E-state index in [0.29, 0.717) is 5.69 Å². The van der Waals surface area contributed by atoms with Crippen molar-refractivity contribution >= 4 is 11.6 Å². The number of hydrogen-bond donors (Lipinski definition) is 2. The number of para-hydroxylation sites is 1. The Hall–Kier alpha value is -1.62. The van der Waals surface area contributed by atoms with Crippen LogP contribution in [-0.4, -0.2) is 43.5 Å². The Labute approximate surface area is 99.8 Å². The molecule has 5 heteroatoms. The second kappa shape index (κ2) is 5.63. The lowest BCUT2D eigenvalue weighted by atomic mass is 10.3. The van der Waals surface area contributed by atoms with Gasteiger partial charge >= 0.3 is 0 Å². The third kappa shape index (κ3) is 3.17. The third-order valence-corrected chi connectivity index (χ3v) is 2.77. The molecule has 1 heterocycles. The van der Waals surface area contributed by atoms with E-state index < -0.39 is 0 Å². The van der Waals surface area contributed by atoms with E-state index in [1.807, 2.05) is 0 Å². The first-order chi connectivity index (χ1) is 8.27. The minimum atomic E-state index is -0.333. The number of rotatable bonds is 3. The number of amides is 1. The Balaban J connectivity index is 1.85. The molecule has 0 unspecified atom stereocenters. The van der Waals surface area contributed by atoms with Gasteiger partial charge in [0.1, 0.15) is 5.82 Å². The van der Waals surface area contributed by atoms with Gasteiger partial charge in [-0.05, 0) is 12.1 Å². The van der Waals surface area contributed by atoms with E-state index in [4.69, 9.17) is 0 Å². The SMILES string of the molecule is O=C(CNc1ccccc1F)N1CCNCC1. The molecule has 1 amide bonds. The summed E-state index contributed by atoms with van der Waals surface area (Å²) in [5.41, 5.74) is 0.371. The average Bonchev–Trinajstić information content (AvgIpc) is 2.38. The lowest BCUT2D eigenvalue weighted by molar-refractivity contribution is -0.129. The number of benzene rings is 1. The summed E-state index contributed by atoms with van der Waals surface area (Å²) in [6.45, 7) is 3.23. The smallest absolute Gasteiger partial charge is 0.241 e. The summed E-state index contributed by atoms with van der Waals surface area (Å²) < 4.78 is 13.3. The molecule has 0 aliphatic carbocycles. The van der Waals surface area contributed by atoms with E-state index >= 15 is 0 Å². The lowest BCUT2D eigenvalue weighted by Crippen LogP contribution is -2.48. The molecule has 1 aliphatic rings. The molecule has 1 saturated heterocycles. The zero-order valence-corrected chi connectivity index (χ0v) is 9.58. The molecule has 2 N–H and O–H groups in total. The number of carbonyl (C=O) groups excluding carboxylic acids is 1. The second-order valence-electron chi connectivity index (χ2n) is 3.96. The summed E-state index contributed by atoms with van der Waals surface area (Å²) in [5.74, 6) is -0.324. The van der Waals surface area contributed by atoms with Crippen LogP contribution in [0.5, 0.6) is 0 Å². The van der Waals surface area contributed by atoms with Crippen molar-refractivity contribution in [2.45, 2.75) is 0 Å². The van der Waals surface area contributed by atoms with E-state index in [0.717, 1.165) is 26.2 Å². The monoisotopic (exact) mass is 237 g/mol. The number of nitrogens with zero attached hydrogens (tertiary/aromatic N) is 1. The number of nitrogens with one attached hydrogen (secondary N) is 2. The number of halogens is 1. The van der Waals surface area contributed by atoms with Crippen molar-refractivity contribution in [1.82, 2.24) is 10.2 Å². The highest BCUT2D eigenvalue weighted by Crippen LogP contribution is 2.11. The van der Waals surface area contributed by atoms with Crippen molar-refractivity contribution < 1.29 is 9.18 Å². The van der Waals surface area contributed by atoms with Gasteiger partial charge in [0.15, 0.2) is 0 Å². The largest absolute Gasteiger partial charge is 0.374 e. The van der Waals surface area contributed by atoms with Gasteiger partial charge in [-0.2, -0.15) is 0 Å². The molecular weight excluding hydrogens is 221 g/mol. The molecule has 4 nitrogen and oxygen atoms in total. The van der Waals surface area contributed by atoms with Crippen LogP contribution >= 0.6 is 0 Å². The minimum absolute atomic E-state index is 0.00903. The molecule has 0 atom stereocenters. The minimum Gasteiger partial charge on any atom is -0.374 e. The molecule has 0 aromatic heterocycles. The predicted octanol–water partition coefficient (Wildman–Crippen LogP) is 0.669. The fraction of sp³-hybridized carbons (Fsp3) is 0.417. The Morgan fingerprint density at radius 2 is 2.06 bits per heavy atom. The maximum Gasteiger partial charge on any atom is 0.241 e. The summed E-state index contributed by atoms with van der Waals surface area (Å²) in [6, 6.07) is 6.36. The summed E-state index contributed by atoms with van der Waals surface area (Å²) in [7, 11) is 0. The first kappa shape index (κ1) is 11.9. The zero-order chi connectivity index (χ0) is 12.1. The van der Waals surface area contributed by atoms with Crippen LogP contribution in [0.3, 0.4) is 0 Å². The molecule has 1 aromatic rings. The average molecular weight is 237 g/mol. The van der Waals surface area contributed by atoms with Crippen molar-refractivity contribution in [3.05, 3.63) is 30.1 Å². The van der Waals surface area contributed by atoms with E-state index in [2.05, 4.69) is 10.6 Å².